The van der Waals surface area contributed by atoms with Gasteiger partial charge in [0.25, 0.3) is 0 Å². The molecule has 0 radical (unpaired) electrons. The first-order valence-electron chi connectivity index (χ1n) is 11.5. The molecule has 3 aromatic rings. The number of rotatable bonds is 11. The van der Waals surface area contributed by atoms with Crippen molar-refractivity contribution in [2.24, 2.45) is 10.9 Å². The molecule has 0 spiro atoms. The number of esters is 2. The van der Waals surface area contributed by atoms with E-state index in [-0.39, 0.29) is 24.3 Å². The predicted molar refractivity (Wildman–Crippen MR) is 142 cm³/mol. The molecule has 0 aliphatic rings. The molecule has 0 amide bonds. The molecule has 1 unspecified atom stereocenters. The molecule has 0 aliphatic heterocycles. The van der Waals surface area contributed by atoms with E-state index in [9.17, 15) is 14.4 Å². The molecule has 9 heteroatoms. The Labute approximate surface area is 223 Å². The molecular formula is C28H27BrN2O6. The number of methoxy groups -OCH3 is 1. The first-order chi connectivity index (χ1) is 17.7. The number of Topliss-reactive ketones (excluding diaryl/α,β-unsaturated/α-hetero) is 1. The Hall–Kier alpha value is -3.69. The average Bonchev–Trinajstić information content (AvgIpc) is 2.87. The molecule has 0 saturated carbocycles. The van der Waals surface area contributed by atoms with Crippen LogP contribution < -0.4 is 9.47 Å². The van der Waals surface area contributed by atoms with E-state index in [4.69, 9.17) is 14.2 Å². The van der Waals surface area contributed by atoms with Gasteiger partial charge >= 0.3 is 11.9 Å². The number of halogens is 1. The maximum Gasteiger partial charge on any atom is 0.345 e. The third-order valence-electron chi connectivity index (χ3n) is 5.11. The first kappa shape index (κ1) is 27.9. The van der Waals surface area contributed by atoms with E-state index in [0.717, 1.165) is 5.56 Å². The minimum atomic E-state index is -0.704. The van der Waals surface area contributed by atoms with Crippen LogP contribution in [0.1, 0.15) is 35.3 Å². The zero-order chi connectivity index (χ0) is 26.8. The SMILES string of the molecule is COCC(=O)C(Cc1ccc(OC(=O)C(C)C)cc1)N=Cc1cc(Br)cc(OC(=O)c2cccnc2)c1. The number of hydrogen-bond donors (Lipinski definition) is 0. The molecule has 0 fully saturated rings. The van der Waals surface area contributed by atoms with Crippen molar-refractivity contribution in [2.75, 3.05) is 13.7 Å². The Kier molecular flexibility index (Phi) is 10.2. The molecule has 0 aliphatic carbocycles. The fourth-order valence-corrected chi connectivity index (χ4v) is 3.67. The van der Waals surface area contributed by atoms with Crippen molar-refractivity contribution < 1.29 is 28.6 Å². The number of benzene rings is 2. The number of pyridine rings is 1. The lowest BCUT2D eigenvalue weighted by Crippen LogP contribution is -2.25. The van der Waals surface area contributed by atoms with Crippen LogP contribution in [0.15, 0.2) is 76.5 Å². The van der Waals surface area contributed by atoms with Crippen LogP contribution in [0, 0.1) is 5.92 Å². The second-order valence-corrected chi connectivity index (χ2v) is 9.38. The number of hydrogen-bond acceptors (Lipinski definition) is 8. The molecule has 3 rings (SSSR count). The normalized spacial score (nSPS) is 11.9. The summed E-state index contributed by atoms with van der Waals surface area (Å²) in [7, 11) is 1.45. The molecule has 2 aromatic carbocycles. The number of aromatic nitrogens is 1. The molecule has 0 bridgehead atoms. The van der Waals surface area contributed by atoms with Crippen LogP contribution >= 0.6 is 15.9 Å². The summed E-state index contributed by atoms with van der Waals surface area (Å²) in [5.41, 5.74) is 1.80. The van der Waals surface area contributed by atoms with Crippen molar-refractivity contribution in [1.29, 1.82) is 0 Å². The lowest BCUT2D eigenvalue weighted by atomic mass is 10.0. The summed E-state index contributed by atoms with van der Waals surface area (Å²) in [5, 5.41) is 0. The van der Waals surface area contributed by atoms with Gasteiger partial charge < -0.3 is 14.2 Å². The maximum absolute atomic E-state index is 12.7. The molecule has 0 saturated heterocycles. The lowest BCUT2D eigenvalue weighted by molar-refractivity contribution is -0.137. The van der Waals surface area contributed by atoms with Crippen LogP contribution in [0.25, 0.3) is 0 Å². The van der Waals surface area contributed by atoms with E-state index in [1.807, 2.05) is 0 Å². The van der Waals surface area contributed by atoms with Crippen molar-refractivity contribution in [3.05, 3.63) is 88.2 Å². The topological polar surface area (TPSA) is 104 Å². The summed E-state index contributed by atoms with van der Waals surface area (Å²) in [6.45, 7) is 3.44. The van der Waals surface area contributed by atoms with E-state index in [0.29, 0.717) is 33.5 Å². The van der Waals surface area contributed by atoms with Gasteiger partial charge in [-0.05, 0) is 53.6 Å². The van der Waals surface area contributed by atoms with Crippen LogP contribution in [-0.2, 0) is 20.7 Å². The highest BCUT2D eigenvalue weighted by Gasteiger charge is 2.18. The molecule has 0 N–H and O–H groups in total. The highest BCUT2D eigenvalue weighted by Crippen LogP contribution is 2.22. The Morgan fingerprint density at radius 3 is 2.43 bits per heavy atom. The van der Waals surface area contributed by atoms with Gasteiger partial charge in [-0.1, -0.05) is 41.9 Å². The third-order valence-corrected chi connectivity index (χ3v) is 5.56. The summed E-state index contributed by atoms with van der Waals surface area (Å²) >= 11 is 3.42. The molecule has 1 atom stereocenters. The fourth-order valence-electron chi connectivity index (χ4n) is 3.18. The molecule has 1 aromatic heterocycles. The minimum absolute atomic E-state index is 0.0848. The van der Waals surface area contributed by atoms with Crippen LogP contribution in [0.5, 0.6) is 11.5 Å². The van der Waals surface area contributed by atoms with Gasteiger partial charge in [-0.25, -0.2) is 4.79 Å². The number of carbonyl (C=O) groups is 3. The number of ketones is 1. The van der Waals surface area contributed by atoms with Crippen LogP contribution in [0.4, 0.5) is 0 Å². The van der Waals surface area contributed by atoms with Gasteiger partial charge in [-0.15, -0.1) is 0 Å². The summed E-state index contributed by atoms with van der Waals surface area (Å²) in [6.07, 6.45) is 4.88. The number of ether oxygens (including phenoxy) is 3. The second kappa shape index (κ2) is 13.6. The van der Waals surface area contributed by atoms with Gasteiger partial charge in [-0.2, -0.15) is 0 Å². The summed E-state index contributed by atoms with van der Waals surface area (Å²) < 4.78 is 16.5. The third kappa shape index (κ3) is 8.73. The monoisotopic (exact) mass is 566 g/mol. The standard InChI is InChI=1S/C28H27BrN2O6/c1-18(2)27(33)36-23-8-6-19(7-9-23)13-25(26(32)17-35-3)31-15-20-11-22(29)14-24(12-20)37-28(34)21-5-4-10-30-16-21/h4-12,14-16,18,25H,13,17H2,1-3H3. The number of aliphatic imine (C=N–C) groups is 1. The van der Waals surface area contributed by atoms with Crippen molar-refractivity contribution in [3.8, 4) is 11.5 Å². The highest BCUT2D eigenvalue weighted by atomic mass is 79.9. The van der Waals surface area contributed by atoms with Crippen LogP contribution in [0.3, 0.4) is 0 Å². The van der Waals surface area contributed by atoms with E-state index < -0.39 is 12.0 Å². The first-order valence-corrected chi connectivity index (χ1v) is 12.3. The zero-order valence-corrected chi connectivity index (χ0v) is 22.3. The van der Waals surface area contributed by atoms with Gasteiger partial charge in [0.15, 0.2) is 5.78 Å². The Morgan fingerprint density at radius 1 is 1.03 bits per heavy atom. The lowest BCUT2D eigenvalue weighted by Gasteiger charge is -2.12. The Balaban J connectivity index is 1.75. The van der Waals surface area contributed by atoms with E-state index in [1.165, 1.54) is 13.3 Å². The largest absolute Gasteiger partial charge is 0.426 e. The van der Waals surface area contributed by atoms with Gasteiger partial charge in [0.2, 0.25) is 0 Å². The van der Waals surface area contributed by atoms with E-state index in [2.05, 4.69) is 25.9 Å². The van der Waals surface area contributed by atoms with E-state index in [1.54, 1.807) is 80.9 Å². The van der Waals surface area contributed by atoms with E-state index >= 15 is 0 Å². The highest BCUT2D eigenvalue weighted by molar-refractivity contribution is 9.10. The Morgan fingerprint density at radius 2 is 1.78 bits per heavy atom. The zero-order valence-electron chi connectivity index (χ0n) is 20.7. The van der Waals surface area contributed by atoms with Crippen LogP contribution in [0.2, 0.25) is 0 Å². The smallest absolute Gasteiger partial charge is 0.345 e. The van der Waals surface area contributed by atoms with Crippen molar-refractivity contribution >= 4 is 39.9 Å². The van der Waals surface area contributed by atoms with Gasteiger partial charge in [0.05, 0.1) is 11.5 Å². The quantitative estimate of drug-likeness (QED) is 0.185. The number of carbonyl (C=O) groups excluding carboxylic acids is 3. The maximum atomic E-state index is 12.7. The minimum Gasteiger partial charge on any atom is -0.426 e. The van der Waals surface area contributed by atoms with Gasteiger partial charge in [-0.3, -0.25) is 19.6 Å². The second-order valence-electron chi connectivity index (χ2n) is 8.47. The summed E-state index contributed by atoms with van der Waals surface area (Å²) in [5.74, 6) is -0.520. The average molecular weight is 567 g/mol. The predicted octanol–water partition coefficient (Wildman–Crippen LogP) is 4.87. The van der Waals surface area contributed by atoms with Crippen molar-refractivity contribution in [1.82, 2.24) is 4.98 Å². The molecule has 1 heterocycles. The molecule has 192 valence electrons. The molecular weight excluding hydrogens is 540 g/mol. The summed E-state index contributed by atoms with van der Waals surface area (Å²) in [6, 6.07) is 14.6. The fraction of sp³-hybridized carbons (Fsp3) is 0.250. The Bertz CT molecular complexity index is 1260. The molecule has 8 nitrogen and oxygen atoms in total. The van der Waals surface area contributed by atoms with Crippen molar-refractivity contribution in [3.63, 3.8) is 0 Å². The molecule has 37 heavy (non-hydrogen) atoms. The van der Waals surface area contributed by atoms with Crippen LogP contribution in [-0.4, -0.2) is 48.7 Å². The van der Waals surface area contributed by atoms with Gasteiger partial charge in [0, 0.05) is 36.6 Å². The van der Waals surface area contributed by atoms with Crippen molar-refractivity contribution in [2.45, 2.75) is 26.3 Å². The number of nitrogens with zero attached hydrogens (tertiary/aromatic N) is 2. The summed E-state index contributed by atoms with van der Waals surface area (Å²) in [4.78, 5) is 45.3. The van der Waals surface area contributed by atoms with Gasteiger partial charge in [0.1, 0.15) is 24.1 Å².